The summed E-state index contributed by atoms with van der Waals surface area (Å²) < 4.78 is 0. The van der Waals surface area contributed by atoms with Crippen molar-refractivity contribution in [2.24, 2.45) is 0 Å². The number of hydrogen-bond donors (Lipinski definition) is 1. The largest absolute Gasteiger partial charge is 0.387 e. The summed E-state index contributed by atoms with van der Waals surface area (Å²) in [5, 5.41) is 10.5. The van der Waals surface area contributed by atoms with E-state index in [1.165, 1.54) is 5.56 Å². The molecule has 0 saturated carbocycles. The van der Waals surface area contributed by atoms with Gasteiger partial charge in [-0.2, -0.15) is 0 Å². The number of anilines is 1. The Balaban J connectivity index is 1.67. The second-order valence-electron chi connectivity index (χ2n) is 6.43. The lowest BCUT2D eigenvalue weighted by atomic mass is 10.0. The zero-order chi connectivity index (χ0) is 15.7. The van der Waals surface area contributed by atoms with E-state index in [2.05, 4.69) is 22.9 Å². The van der Waals surface area contributed by atoms with E-state index in [9.17, 15) is 9.90 Å². The average Bonchev–Trinajstić information content (AvgIpc) is 2.92. The molecule has 22 heavy (non-hydrogen) atoms. The number of amides is 1. The molecule has 0 spiro atoms. The van der Waals surface area contributed by atoms with Crippen LogP contribution >= 0.6 is 0 Å². The van der Waals surface area contributed by atoms with E-state index in [1.807, 2.05) is 17.0 Å². The molecule has 2 aliphatic rings. The lowest BCUT2D eigenvalue weighted by Gasteiger charge is -2.33. The molecule has 0 aliphatic carbocycles. The Morgan fingerprint density at radius 2 is 1.95 bits per heavy atom. The monoisotopic (exact) mass is 303 g/mol. The van der Waals surface area contributed by atoms with Crippen molar-refractivity contribution in [1.29, 1.82) is 0 Å². The lowest BCUT2D eigenvalue weighted by Crippen LogP contribution is -2.45. The molecule has 1 N–H and O–H groups in total. The van der Waals surface area contributed by atoms with Crippen LogP contribution in [0.25, 0.3) is 0 Å². The van der Waals surface area contributed by atoms with Gasteiger partial charge in [0.05, 0.1) is 6.10 Å². The van der Waals surface area contributed by atoms with Crippen LogP contribution in [-0.4, -0.2) is 67.1 Å². The Hall–Kier alpha value is -1.43. The van der Waals surface area contributed by atoms with E-state index < -0.39 is 6.10 Å². The third-order valence-corrected chi connectivity index (χ3v) is 4.79. The number of fused-ring (bicyclic) bond motifs is 1. The number of carbonyl (C=O) groups excluding carboxylic acids is 1. The van der Waals surface area contributed by atoms with Crippen molar-refractivity contribution >= 4 is 11.6 Å². The van der Waals surface area contributed by atoms with E-state index in [0.717, 1.165) is 50.4 Å². The molecule has 5 nitrogen and oxygen atoms in total. The number of β-amino-alcohol motifs (C(OH)–C–C–N with tert-alkyl or cyclic N) is 1. The van der Waals surface area contributed by atoms with Crippen molar-refractivity contribution in [2.45, 2.75) is 19.4 Å². The van der Waals surface area contributed by atoms with Gasteiger partial charge in [-0.25, -0.2) is 0 Å². The van der Waals surface area contributed by atoms with Crippen LogP contribution in [0.15, 0.2) is 18.2 Å². The van der Waals surface area contributed by atoms with Crippen molar-refractivity contribution in [3.63, 3.8) is 0 Å². The molecule has 1 aromatic carbocycles. The van der Waals surface area contributed by atoms with Crippen molar-refractivity contribution in [2.75, 3.05) is 51.2 Å². The Kier molecular flexibility index (Phi) is 4.47. The zero-order valence-corrected chi connectivity index (χ0v) is 13.5. The number of aliphatic hydroxyl groups is 1. The van der Waals surface area contributed by atoms with Gasteiger partial charge in [0.2, 0.25) is 5.91 Å². The molecule has 2 aliphatic heterocycles. The Labute approximate surface area is 132 Å². The number of nitrogens with zero attached hydrogens (tertiary/aromatic N) is 3. The first-order valence-electron chi connectivity index (χ1n) is 8.04. The van der Waals surface area contributed by atoms with Gasteiger partial charge < -0.3 is 14.9 Å². The molecule has 5 heteroatoms. The molecule has 2 heterocycles. The number of rotatable bonds is 3. The molecule has 1 aromatic rings. The van der Waals surface area contributed by atoms with E-state index in [4.69, 9.17) is 0 Å². The zero-order valence-electron chi connectivity index (χ0n) is 13.5. The van der Waals surface area contributed by atoms with Gasteiger partial charge in [-0.15, -0.1) is 0 Å². The van der Waals surface area contributed by atoms with Crippen LogP contribution < -0.4 is 4.90 Å². The Morgan fingerprint density at radius 3 is 2.64 bits per heavy atom. The molecule has 120 valence electrons. The van der Waals surface area contributed by atoms with Crippen LogP contribution in [0.2, 0.25) is 0 Å². The summed E-state index contributed by atoms with van der Waals surface area (Å²) in [5.41, 5.74) is 3.14. The standard InChI is InChI=1S/C17H25N3O2/c1-13(21)20-6-5-14-11-15(3-4-16(14)20)17(22)12-19-9-7-18(2)8-10-19/h3-4,11,17,22H,5-10,12H2,1-2H3. The minimum absolute atomic E-state index is 0.0875. The first kappa shape index (κ1) is 15.5. The van der Waals surface area contributed by atoms with Crippen LogP contribution in [0.3, 0.4) is 0 Å². The quantitative estimate of drug-likeness (QED) is 0.900. The van der Waals surface area contributed by atoms with Gasteiger partial charge in [0, 0.05) is 51.9 Å². The van der Waals surface area contributed by atoms with Gasteiger partial charge in [-0.05, 0) is 30.7 Å². The van der Waals surface area contributed by atoms with Crippen molar-refractivity contribution in [3.8, 4) is 0 Å². The number of likely N-dealkylation sites (N-methyl/N-ethyl adjacent to an activating group) is 1. The third kappa shape index (κ3) is 3.16. The molecular formula is C17H25N3O2. The minimum atomic E-state index is -0.458. The number of piperazine rings is 1. The molecule has 1 saturated heterocycles. The summed E-state index contributed by atoms with van der Waals surface area (Å²) in [6.45, 7) is 7.18. The molecule has 0 aromatic heterocycles. The van der Waals surface area contributed by atoms with E-state index >= 15 is 0 Å². The van der Waals surface area contributed by atoms with Gasteiger partial charge in [0.25, 0.3) is 0 Å². The van der Waals surface area contributed by atoms with Gasteiger partial charge in [-0.3, -0.25) is 9.69 Å². The fourth-order valence-corrected chi connectivity index (χ4v) is 3.34. The summed E-state index contributed by atoms with van der Waals surface area (Å²) in [4.78, 5) is 18.0. The highest BCUT2D eigenvalue weighted by Crippen LogP contribution is 2.30. The SMILES string of the molecule is CC(=O)N1CCc2cc(C(O)CN3CCN(C)CC3)ccc21. The molecule has 1 amide bonds. The van der Waals surface area contributed by atoms with Gasteiger partial charge in [0.1, 0.15) is 0 Å². The van der Waals surface area contributed by atoms with Gasteiger partial charge in [0.15, 0.2) is 0 Å². The molecule has 3 rings (SSSR count). The van der Waals surface area contributed by atoms with E-state index in [1.54, 1.807) is 6.92 Å². The highest BCUT2D eigenvalue weighted by molar-refractivity contribution is 5.93. The van der Waals surface area contributed by atoms with Crippen LogP contribution in [0.1, 0.15) is 24.2 Å². The smallest absolute Gasteiger partial charge is 0.223 e. The summed E-state index contributed by atoms with van der Waals surface area (Å²) in [6, 6.07) is 6.01. The fourth-order valence-electron chi connectivity index (χ4n) is 3.34. The second-order valence-corrected chi connectivity index (χ2v) is 6.43. The first-order valence-corrected chi connectivity index (χ1v) is 8.04. The predicted octanol–water partition coefficient (Wildman–Crippen LogP) is 0.876. The summed E-state index contributed by atoms with van der Waals surface area (Å²) in [5.74, 6) is 0.0875. The lowest BCUT2D eigenvalue weighted by molar-refractivity contribution is -0.116. The maximum atomic E-state index is 11.6. The van der Waals surface area contributed by atoms with Crippen LogP contribution in [0.4, 0.5) is 5.69 Å². The topological polar surface area (TPSA) is 47.0 Å². The maximum Gasteiger partial charge on any atom is 0.223 e. The second kappa shape index (κ2) is 6.36. The molecule has 0 bridgehead atoms. The van der Waals surface area contributed by atoms with Gasteiger partial charge >= 0.3 is 0 Å². The van der Waals surface area contributed by atoms with Crippen molar-refractivity contribution in [3.05, 3.63) is 29.3 Å². The van der Waals surface area contributed by atoms with E-state index in [-0.39, 0.29) is 5.91 Å². The van der Waals surface area contributed by atoms with E-state index in [0.29, 0.717) is 6.54 Å². The minimum Gasteiger partial charge on any atom is -0.387 e. The van der Waals surface area contributed by atoms with Crippen molar-refractivity contribution < 1.29 is 9.90 Å². The first-order chi connectivity index (χ1) is 10.5. The van der Waals surface area contributed by atoms with Crippen molar-refractivity contribution in [1.82, 2.24) is 9.80 Å². The number of carbonyl (C=O) groups is 1. The molecule has 1 unspecified atom stereocenters. The summed E-state index contributed by atoms with van der Waals surface area (Å²) in [6.07, 6.45) is 0.421. The highest BCUT2D eigenvalue weighted by atomic mass is 16.3. The Morgan fingerprint density at radius 1 is 1.23 bits per heavy atom. The maximum absolute atomic E-state index is 11.6. The number of benzene rings is 1. The Bertz CT molecular complexity index is 553. The highest BCUT2D eigenvalue weighted by Gasteiger charge is 2.24. The molecular weight excluding hydrogens is 278 g/mol. The number of hydrogen-bond acceptors (Lipinski definition) is 4. The fraction of sp³-hybridized carbons (Fsp3) is 0.588. The van der Waals surface area contributed by atoms with Crippen LogP contribution in [0.5, 0.6) is 0 Å². The molecule has 1 atom stereocenters. The summed E-state index contributed by atoms with van der Waals surface area (Å²) >= 11 is 0. The molecule has 1 fully saturated rings. The predicted molar refractivity (Wildman–Crippen MR) is 87.1 cm³/mol. The normalized spacial score (nSPS) is 21.0. The average molecular weight is 303 g/mol. The van der Waals surface area contributed by atoms with Gasteiger partial charge in [-0.1, -0.05) is 12.1 Å². The molecule has 0 radical (unpaired) electrons. The number of aliphatic hydroxyl groups excluding tert-OH is 1. The summed E-state index contributed by atoms with van der Waals surface area (Å²) in [7, 11) is 2.13. The van der Waals surface area contributed by atoms with Crippen LogP contribution in [0, 0.1) is 0 Å². The third-order valence-electron chi connectivity index (χ3n) is 4.79. The van der Waals surface area contributed by atoms with Crippen LogP contribution in [-0.2, 0) is 11.2 Å².